The van der Waals surface area contributed by atoms with Crippen molar-refractivity contribution in [2.45, 2.75) is 25.7 Å². The predicted octanol–water partition coefficient (Wildman–Crippen LogP) is 3.17. The molecular formula is C24H20BrNO5. The Balaban J connectivity index is 1.72. The summed E-state index contributed by atoms with van der Waals surface area (Å²) in [5.41, 5.74) is 2.10. The molecule has 0 radical (unpaired) electrons. The minimum atomic E-state index is -0.622. The van der Waals surface area contributed by atoms with Crippen LogP contribution in [0.2, 0.25) is 0 Å². The number of carbonyl (C=O) groups is 4. The molecule has 0 spiro atoms. The van der Waals surface area contributed by atoms with Crippen molar-refractivity contribution in [1.29, 1.82) is 0 Å². The summed E-state index contributed by atoms with van der Waals surface area (Å²) in [6, 6.07) is 6.76. The third-order valence-corrected chi connectivity index (χ3v) is 7.58. The van der Waals surface area contributed by atoms with Gasteiger partial charge in [-0.15, -0.1) is 0 Å². The van der Waals surface area contributed by atoms with E-state index in [1.165, 1.54) is 11.0 Å². The molecule has 1 aromatic rings. The number of hydrogen-bond donors (Lipinski definition) is 1. The summed E-state index contributed by atoms with van der Waals surface area (Å²) in [7, 11) is 0. The van der Waals surface area contributed by atoms with E-state index in [9.17, 15) is 24.3 Å². The molecule has 6 nitrogen and oxygen atoms in total. The molecule has 1 saturated heterocycles. The van der Waals surface area contributed by atoms with Gasteiger partial charge >= 0.3 is 0 Å². The highest BCUT2D eigenvalue weighted by atomic mass is 79.9. The number of hydrogen-bond acceptors (Lipinski definition) is 5. The van der Waals surface area contributed by atoms with Crippen molar-refractivity contribution in [1.82, 2.24) is 4.90 Å². The molecule has 1 heterocycles. The second-order valence-electron chi connectivity index (χ2n) is 8.37. The van der Waals surface area contributed by atoms with Crippen LogP contribution in [0.4, 0.5) is 0 Å². The van der Waals surface area contributed by atoms with Crippen LogP contribution in [0.15, 0.2) is 57.6 Å². The van der Waals surface area contributed by atoms with Crippen molar-refractivity contribution in [2.75, 3.05) is 6.54 Å². The first kappa shape index (κ1) is 20.1. The van der Waals surface area contributed by atoms with Gasteiger partial charge in [0.1, 0.15) is 5.75 Å². The normalized spacial score (nSPS) is 30.1. The number of likely N-dealkylation sites (tertiary alicyclic amines) is 1. The average molecular weight is 482 g/mol. The molecule has 31 heavy (non-hydrogen) atoms. The van der Waals surface area contributed by atoms with Gasteiger partial charge in [-0.05, 0) is 47.7 Å². The first-order valence-corrected chi connectivity index (χ1v) is 11.2. The SMILES string of the molecule is CCN1C(=O)C2CC=C3C(c4ccccc4O)C4=C(CC3C2C1=O)C(=O)C(Br)=CC4=O. The van der Waals surface area contributed by atoms with Gasteiger partial charge in [-0.3, -0.25) is 24.1 Å². The minimum absolute atomic E-state index is 0.0286. The number of aromatic hydroxyl groups is 1. The van der Waals surface area contributed by atoms with Crippen LogP contribution < -0.4 is 0 Å². The molecule has 0 aromatic heterocycles. The van der Waals surface area contributed by atoms with Gasteiger partial charge in [0.25, 0.3) is 0 Å². The van der Waals surface area contributed by atoms with Crippen LogP contribution in [0.5, 0.6) is 5.75 Å². The number of carbonyl (C=O) groups excluding carboxylic acids is 4. The second kappa shape index (κ2) is 7.12. The lowest BCUT2D eigenvalue weighted by atomic mass is 9.59. The van der Waals surface area contributed by atoms with E-state index in [4.69, 9.17) is 0 Å². The highest BCUT2D eigenvalue weighted by Gasteiger charge is 2.56. The van der Waals surface area contributed by atoms with Crippen LogP contribution in [-0.4, -0.2) is 39.9 Å². The van der Waals surface area contributed by atoms with Crippen LogP contribution in [0.25, 0.3) is 0 Å². The van der Waals surface area contributed by atoms with E-state index in [1.54, 1.807) is 31.2 Å². The van der Waals surface area contributed by atoms with Gasteiger partial charge in [0, 0.05) is 35.2 Å². The number of benzene rings is 1. The van der Waals surface area contributed by atoms with Crippen LogP contribution in [-0.2, 0) is 19.2 Å². The Kier molecular flexibility index (Phi) is 4.62. The van der Waals surface area contributed by atoms with Crippen molar-refractivity contribution < 1.29 is 24.3 Å². The number of fused-ring (bicyclic) bond motifs is 3. The monoisotopic (exact) mass is 481 g/mol. The van der Waals surface area contributed by atoms with Gasteiger partial charge in [-0.1, -0.05) is 29.8 Å². The number of imide groups is 1. The molecule has 1 N–H and O–H groups in total. The summed E-state index contributed by atoms with van der Waals surface area (Å²) in [6.07, 6.45) is 3.87. The summed E-state index contributed by atoms with van der Waals surface area (Å²) in [5, 5.41) is 10.6. The molecule has 4 atom stereocenters. The highest BCUT2D eigenvalue weighted by molar-refractivity contribution is 9.12. The Bertz CT molecular complexity index is 1160. The third-order valence-electron chi connectivity index (χ3n) is 6.99. The number of allylic oxidation sites excluding steroid dienone is 6. The molecule has 3 aliphatic carbocycles. The van der Waals surface area contributed by atoms with E-state index in [1.807, 2.05) is 6.08 Å². The maximum Gasteiger partial charge on any atom is 0.233 e. The average Bonchev–Trinajstić information content (AvgIpc) is 3.01. The summed E-state index contributed by atoms with van der Waals surface area (Å²) in [6.45, 7) is 2.09. The predicted molar refractivity (Wildman–Crippen MR) is 115 cm³/mol. The van der Waals surface area contributed by atoms with E-state index in [2.05, 4.69) is 15.9 Å². The van der Waals surface area contributed by atoms with E-state index in [0.717, 1.165) is 5.57 Å². The first-order valence-electron chi connectivity index (χ1n) is 10.4. The molecule has 158 valence electrons. The van der Waals surface area contributed by atoms with Gasteiger partial charge in [0.2, 0.25) is 11.8 Å². The van der Waals surface area contributed by atoms with Crippen LogP contribution in [0.1, 0.15) is 31.2 Å². The summed E-state index contributed by atoms with van der Waals surface area (Å²) in [5.74, 6) is -2.89. The van der Waals surface area contributed by atoms with Crippen LogP contribution in [0, 0.1) is 17.8 Å². The molecule has 4 aliphatic rings. The molecule has 0 saturated carbocycles. The Morgan fingerprint density at radius 1 is 1.10 bits per heavy atom. The van der Waals surface area contributed by atoms with E-state index in [0.29, 0.717) is 29.7 Å². The molecule has 1 aromatic carbocycles. The molecule has 1 fully saturated rings. The van der Waals surface area contributed by atoms with Gasteiger partial charge in [-0.25, -0.2) is 0 Å². The number of rotatable bonds is 2. The minimum Gasteiger partial charge on any atom is -0.508 e. The lowest BCUT2D eigenvalue weighted by Crippen LogP contribution is -2.39. The Morgan fingerprint density at radius 2 is 1.84 bits per heavy atom. The first-order chi connectivity index (χ1) is 14.8. The molecule has 7 heteroatoms. The van der Waals surface area contributed by atoms with Crippen molar-refractivity contribution in [3.05, 3.63) is 63.2 Å². The van der Waals surface area contributed by atoms with E-state index >= 15 is 0 Å². The maximum atomic E-state index is 13.2. The molecule has 5 rings (SSSR count). The smallest absolute Gasteiger partial charge is 0.233 e. The van der Waals surface area contributed by atoms with Gasteiger partial charge < -0.3 is 5.11 Å². The zero-order chi connectivity index (χ0) is 22.0. The largest absolute Gasteiger partial charge is 0.508 e. The molecule has 1 aliphatic heterocycles. The number of halogens is 1. The van der Waals surface area contributed by atoms with Crippen LogP contribution >= 0.6 is 15.9 Å². The Hall–Kier alpha value is -2.80. The number of Topliss-reactive ketones (excluding diaryl/α,β-unsaturated/α-hetero) is 1. The quantitative estimate of drug-likeness (QED) is 0.397. The van der Waals surface area contributed by atoms with Gasteiger partial charge in [-0.2, -0.15) is 0 Å². The zero-order valence-electron chi connectivity index (χ0n) is 16.8. The number of amides is 2. The summed E-state index contributed by atoms with van der Waals surface area (Å²) in [4.78, 5) is 53.3. The fourth-order valence-electron chi connectivity index (χ4n) is 5.67. The molecule has 0 bridgehead atoms. The second-order valence-corrected chi connectivity index (χ2v) is 9.23. The van der Waals surface area contributed by atoms with E-state index < -0.39 is 17.8 Å². The lowest BCUT2D eigenvalue weighted by Gasteiger charge is -2.42. The van der Waals surface area contributed by atoms with Crippen LogP contribution in [0.3, 0.4) is 0 Å². The highest BCUT2D eigenvalue weighted by Crippen LogP contribution is 2.56. The van der Waals surface area contributed by atoms with Gasteiger partial charge in [0.15, 0.2) is 11.6 Å². The maximum absolute atomic E-state index is 13.2. The van der Waals surface area contributed by atoms with Crippen molar-refractivity contribution >= 4 is 39.3 Å². The van der Waals surface area contributed by atoms with Crippen molar-refractivity contribution in [3.8, 4) is 5.75 Å². The van der Waals surface area contributed by atoms with Crippen molar-refractivity contribution in [2.24, 2.45) is 17.8 Å². The number of para-hydroxylation sites is 1. The zero-order valence-corrected chi connectivity index (χ0v) is 18.4. The lowest BCUT2D eigenvalue weighted by molar-refractivity contribution is -0.139. The topological polar surface area (TPSA) is 91.8 Å². The summed E-state index contributed by atoms with van der Waals surface area (Å²) < 4.78 is 0.191. The Labute approximate surface area is 187 Å². The summed E-state index contributed by atoms with van der Waals surface area (Å²) >= 11 is 3.20. The van der Waals surface area contributed by atoms with E-state index in [-0.39, 0.29) is 46.0 Å². The van der Waals surface area contributed by atoms with Crippen molar-refractivity contribution in [3.63, 3.8) is 0 Å². The van der Waals surface area contributed by atoms with Gasteiger partial charge in [0.05, 0.1) is 16.3 Å². The molecule has 4 unspecified atom stereocenters. The Morgan fingerprint density at radius 3 is 2.55 bits per heavy atom. The number of ketones is 2. The standard InChI is InChI=1S/C24H20BrNO5/c1-2-26-23(30)13-8-7-11-14(20(13)24(26)31)9-15-21(18(28)10-16(25)22(15)29)19(11)12-5-3-4-6-17(12)27/h3-7,10,13-14,19-20,27H,2,8-9H2,1H3. The fourth-order valence-corrected chi connectivity index (χ4v) is 6.12. The molecular weight excluding hydrogens is 462 g/mol. The number of phenols is 1. The molecule has 2 amide bonds. The fraction of sp³-hybridized carbons (Fsp3) is 0.333. The third kappa shape index (κ3) is 2.75. The number of nitrogens with zero attached hydrogens (tertiary/aromatic N) is 1. The number of phenolic OH excluding ortho intramolecular Hbond substituents is 1.